The van der Waals surface area contributed by atoms with Crippen molar-refractivity contribution < 1.29 is 14.7 Å². The van der Waals surface area contributed by atoms with Crippen LogP contribution < -0.4 is 10.9 Å². The van der Waals surface area contributed by atoms with Crippen LogP contribution in [0.15, 0.2) is 16.9 Å². The van der Waals surface area contributed by atoms with Crippen LogP contribution in [0.5, 0.6) is 0 Å². The zero-order chi connectivity index (χ0) is 14.7. The Morgan fingerprint density at radius 2 is 2.05 bits per heavy atom. The highest BCUT2D eigenvalue weighted by molar-refractivity contribution is 5.92. The largest absolute Gasteiger partial charge is 0.481 e. The van der Waals surface area contributed by atoms with Gasteiger partial charge >= 0.3 is 5.97 Å². The third-order valence-electron chi connectivity index (χ3n) is 3.59. The summed E-state index contributed by atoms with van der Waals surface area (Å²) < 4.78 is 1.07. The molecule has 0 aliphatic heterocycles. The van der Waals surface area contributed by atoms with Crippen LogP contribution in [0.25, 0.3) is 0 Å². The monoisotopic (exact) mass is 279 g/mol. The number of carboxylic acids is 1. The molecule has 1 aromatic rings. The first-order chi connectivity index (χ1) is 9.49. The minimum Gasteiger partial charge on any atom is -0.481 e. The number of aliphatic carboxylic acids is 1. The fourth-order valence-electron chi connectivity index (χ4n) is 2.46. The van der Waals surface area contributed by atoms with E-state index in [1.807, 2.05) is 0 Å². The number of hydrogen-bond donors (Lipinski definition) is 2. The molecular weight excluding hydrogens is 262 g/mol. The summed E-state index contributed by atoms with van der Waals surface area (Å²) in [4.78, 5) is 34.4. The lowest BCUT2D eigenvalue weighted by atomic mass is 9.84. The molecule has 0 saturated heterocycles. The number of nitrogens with one attached hydrogen (secondary N) is 1. The molecule has 2 unspecified atom stereocenters. The van der Waals surface area contributed by atoms with Crippen LogP contribution in [0.4, 0.5) is 0 Å². The molecule has 7 heteroatoms. The van der Waals surface area contributed by atoms with Crippen molar-refractivity contribution in [3.63, 3.8) is 0 Å². The van der Waals surface area contributed by atoms with Gasteiger partial charge in [0.05, 0.1) is 5.92 Å². The van der Waals surface area contributed by atoms with Gasteiger partial charge in [-0.05, 0) is 18.9 Å². The van der Waals surface area contributed by atoms with Crippen molar-refractivity contribution in [2.75, 3.05) is 0 Å². The fourth-order valence-corrected chi connectivity index (χ4v) is 2.46. The number of rotatable bonds is 3. The van der Waals surface area contributed by atoms with Crippen molar-refractivity contribution in [2.24, 2.45) is 13.0 Å². The van der Waals surface area contributed by atoms with Gasteiger partial charge in [-0.25, -0.2) is 4.68 Å². The Morgan fingerprint density at radius 3 is 2.70 bits per heavy atom. The Bertz CT molecular complexity index is 581. The van der Waals surface area contributed by atoms with E-state index in [2.05, 4.69) is 10.4 Å². The van der Waals surface area contributed by atoms with Crippen LogP contribution in [0.2, 0.25) is 0 Å². The van der Waals surface area contributed by atoms with Gasteiger partial charge in [0.1, 0.15) is 5.69 Å². The van der Waals surface area contributed by atoms with Gasteiger partial charge in [0.2, 0.25) is 0 Å². The number of hydrogen-bond acceptors (Lipinski definition) is 4. The van der Waals surface area contributed by atoms with Gasteiger partial charge in [0.15, 0.2) is 0 Å². The smallest absolute Gasteiger partial charge is 0.308 e. The summed E-state index contributed by atoms with van der Waals surface area (Å²) in [6.45, 7) is 0. The van der Waals surface area contributed by atoms with Crippen LogP contribution in [-0.4, -0.2) is 32.8 Å². The van der Waals surface area contributed by atoms with Crippen LogP contribution in [0.3, 0.4) is 0 Å². The van der Waals surface area contributed by atoms with Crippen molar-refractivity contribution in [1.82, 2.24) is 15.1 Å². The Morgan fingerprint density at radius 1 is 1.35 bits per heavy atom. The van der Waals surface area contributed by atoms with E-state index in [9.17, 15) is 14.4 Å². The molecule has 108 valence electrons. The van der Waals surface area contributed by atoms with Gasteiger partial charge in [0, 0.05) is 19.2 Å². The second kappa shape index (κ2) is 5.85. The molecule has 0 radical (unpaired) electrons. The third kappa shape index (κ3) is 3.04. The molecule has 2 atom stereocenters. The maximum absolute atomic E-state index is 12.1. The van der Waals surface area contributed by atoms with Crippen LogP contribution >= 0.6 is 0 Å². The quantitative estimate of drug-likeness (QED) is 0.820. The molecule has 2 N–H and O–H groups in total. The highest BCUT2D eigenvalue weighted by atomic mass is 16.4. The van der Waals surface area contributed by atoms with Gasteiger partial charge in [-0.15, -0.1) is 0 Å². The lowest BCUT2D eigenvalue weighted by Gasteiger charge is -2.29. The maximum Gasteiger partial charge on any atom is 0.308 e. The van der Waals surface area contributed by atoms with E-state index in [0.29, 0.717) is 12.8 Å². The van der Waals surface area contributed by atoms with E-state index in [0.717, 1.165) is 17.5 Å². The predicted molar refractivity (Wildman–Crippen MR) is 70.3 cm³/mol. The van der Waals surface area contributed by atoms with E-state index in [1.54, 1.807) is 0 Å². The number of aryl methyl sites for hydroxylation is 1. The molecule has 1 aromatic heterocycles. The first-order valence-corrected chi connectivity index (χ1v) is 6.57. The molecule has 1 aliphatic carbocycles. The minimum atomic E-state index is -0.886. The number of aromatic nitrogens is 2. The van der Waals surface area contributed by atoms with Gasteiger partial charge in [0.25, 0.3) is 11.5 Å². The molecule has 1 saturated carbocycles. The molecule has 1 fully saturated rings. The number of carbonyl (C=O) groups excluding carboxylic acids is 1. The van der Waals surface area contributed by atoms with E-state index >= 15 is 0 Å². The lowest BCUT2D eigenvalue weighted by Crippen LogP contribution is -2.45. The lowest BCUT2D eigenvalue weighted by molar-refractivity contribution is -0.143. The summed E-state index contributed by atoms with van der Waals surface area (Å²) >= 11 is 0. The normalized spacial score (nSPS) is 22.2. The average Bonchev–Trinajstić information content (AvgIpc) is 2.42. The summed E-state index contributed by atoms with van der Waals surface area (Å²) in [5.41, 5.74) is -0.190. The Kier molecular flexibility index (Phi) is 4.16. The molecule has 2 rings (SSSR count). The molecule has 1 amide bonds. The first kappa shape index (κ1) is 14.2. The Hall–Kier alpha value is -2.18. The van der Waals surface area contributed by atoms with Crippen molar-refractivity contribution in [3.8, 4) is 0 Å². The van der Waals surface area contributed by atoms with E-state index in [4.69, 9.17) is 5.11 Å². The topological polar surface area (TPSA) is 101 Å². The van der Waals surface area contributed by atoms with Crippen LogP contribution in [0, 0.1) is 5.92 Å². The molecule has 0 aromatic carbocycles. The van der Waals surface area contributed by atoms with E-state index in [-0.39, 0.29) is 17.3 Å². The van der Waals surface area contributed by atoms with Gasteiger partial charge in [-0.3, -0.25) is 14.4 Å². The van der Waals surface area contributed by atoms with E-state index in [1.165, 1.54) is 19.2 Å². The van der Waals surface area contributed by atoms with Crippen LogP contribution in [-0.2, 0) is 11.8 Å². The van der Waals surface area contributed by atoms with Gasteiger partial charge < -0.3 is 10.4 Å². The molecule has 7 nitrogen and oxygen atoms in total. The zero-order valence-corrected chi connectivity index (χ0v) is 11.2. The number of carboxylic acid groups (broad SMARTS) is 1. The average molecular weight is 279 g/mol. The number of amides is 1. The minimum absolute atomic E-state index is 0.113. The Balaban J connectivity index is 2.11. The van der Waals surface area contributed by atoms with Crippen LogP contribution in [0.1, 0.15) is 36.2 Å². The summed E-state index contributed by atoms with van der Waals surface area (Å²) in [6.07, 6.45) is 2.98. The van der Waals surface area contributed by atoms with Crippen molar-refractivity contribution in [1.29, 1.82) is 0 Å². The first-order valence-electron chi connectivity index (χ1n) is 6.57. The summed E-state index contributed by atoms with van der Waals surface area (Å²) in [5, 5.41) is 15.7. The fraction of sp³-hybridized carbons (Fsp3) is 0.538. The Labute approximate surface area is 115 Å². The highest BCUT2D eigenvalue weighted by Gasteiger charge is 2.32. The summed E-state index contributed by atoms with van der Waals surface area (Å²) in [5.74, 6) is -1.89. The highest BCUT2D eigenvalue weighted by Crippen LogP contribution is 2.24. The molecule has 0 bridgehead atoms. The SMILES string of the molecule is Cn1nc(C(=O)NC2CCCCC2C(=O)O)ccc1=O. The summed E-state index contributed by atoms with van der Waals surface area (Å²) in [7, 11) is 1.46. The number of nitrogens with zero attached hydrogens (tertiary/aromatic N) is 2. The second-order valence-corrected chi connectivity index (χ2v) is 4.99. The molecule has 20 heavy (non-hydrogen) atoms. The predicted octanol–water partition coefficient (Wildman–Crippen LogP) is 0.153. The van der Waals surface area contributed by atoms with Crippen molar-refractivity contribution in [2.45, 2.75) is 31.7 Å². The van der Waals surface area contributed by atoms with Crippen molar-refractivity contribution >= 4 is 11.9 Å². The molecular formula is C13H17N3O4. The maximum atomic E-state index is 12.1. The zero-order valence-electron chi connectivity index (χ0n) is 11.2. The molecule has 0 spiro atoms. The summed E-state index contributed by atoms with van der Waals surface area (Å²) in [6, 6.07) is 2.22. The van der Waals surface area contributed by atoms with Gasteiger partial charge in [-0.2, -0.15) is 5.10 Å². The number of carbonyl (C=O) groups is 2. The van der Waals surface area contributed by atoms with Crippen molar-refractivity contribution in [3.05, 3.63) is 28.2 Å². The van der Waals surface area contributed by atoms with E-state index < -0.39 is 17.8 Å². The standard InChI is InChI=1S/C13H17N3O4/c1-16-11(17)7-6-10(15-16)12(18)14-9-5-3-2-4-8(9)13(19)20/h6-9H,2-5H2,1H3,(H,14,18)(H,19,20). The van der Waals surface area contributed by atoms with Gasteiger partial charge in [-0.1, -0.05) is 12.8 Å². The third-order valence-corrected chi connectivity index (χ3v) is 3.59. The molecule has 1 aliphatic rings. The second-order valence-electron chi connectivity index (χ2n) is 4.99. The molecule has 1 heterocycles.